The van der Waals surface area contributed by atoms with Crippen molar-refractivity contribution in [3.63, 3.8) is 0 Å². The Morgan fingerprint density at radius 1 is 1.00 bits per heavy atom. The molecule has 0 bridgehead atoms. The number of nitrogens with zero attached hydrogens (tertiary/aromatic N) is 2. The first kappa shape index (κ1) is 18.7. The number of aromatic nitrogens is 2. The maximum atomic E-state index is 12.0. The summed E-state index contributed by atoms with van der Waals surface area (Å²) in [5.74, 6) is 0.505. The molecule has 26 heavy (non-hydrogen) atoms. The molecule has 2 aromatic carbocycles. The van der Waals surface area contributed by atoms with E-state index in [-0.39, 0.29) is 18.9 Å². The van der Waals surface area contributed by atoms with Gasteiger partial charge in [-0.2, -0.15) is 4.98 Å². The lowest BCUT2D eigenvalue weighted by atomic mass is 10.1. The minimum absolute atomic E-state index is 0.131. The van der Waals surface area contributed by atoms with Crippen LogP contribution >= 0.6 is 34.8 Å². The van der Waals surface area contributed by atoms with Gasteiger partial charge in [-0.1, -0.05) is 58.2 Å². The lowest BCUT2D eigenvalue weighted by Crippen LogP contribution is -2.23. The number of halogens is 3. The van der Waals surface area contributed by atoms with Crippen molar-refractivity contribution in [1.29, 1.82) is 0 Å². The monoisotopic (exact) mass is 409 g/mol. The molecule has 1 N–H and O–H groups in total. The fourth-order valence-electron chi connectivity index (χ4n) is 2.35. The second-order valence-corrected chi connectivity index (χ2v) is 6.69. The Labute approximate surface area is 165 Å². The topological polar surface area (TPSA) is 68.0 Å². The first-order valence-electron chi connectivity index (χ1n) is 7.81. The Hall–Kier alpha value is -2.08. The van der Waals surface area contributed by atoms with E-state index in [2.05, 4.69) is 15.5 Å². The van der Waals surface area contributed by atoms with E-state index in [1.807, 2.05) is 12.1 Å². The van der Waals surface area contributed by atoms with Crippen LogP contribution in [0.3, 0.4) is 0 Å². The molecule has 3 aromatic rings. The maximum Gasteiger partial charge on any atom is 0.246 e. The number of hydrogen-bond donors (Lipinski definition) is 1. The summed E-state index contributed by atoms with van der Waals surface area (Å²) in [6, 6.07) is 12.4. The largest absolute Gasteiger partial charge is 0.347 e. The molecule has 1 amide bonds. The molecule has 0 unspecified atom stereocenters. The molecule has 0 atom stereocenters. The molecule has 0 saturated heterocycles. The molecule has 0 aliphatic rings. The summed E-state index contributed by atoms with van der Waals surface area (Å²) in [5.41, 5.74) is 1.42. The molecule has 0 aliphatic carbocycles. The number of benzene rings is 2. The fraction of sp³-hybridized carbons (Fsp3) is 0.167. The van der Waals surface area contributed by atoms with E-state index in [0.29, 0.717) is 38.8 Å². The van der Waals surface area contributed by atoms with Gasteiger partial charge in [0.05, 0.1) is 11.6 Å². The van der Waals surface area contributed by atoms with Crippen LogP contribution in [0.4, 0.5) is 0 Å². The lowest BCUT2D eigenvalue weighted by Gasteiger charge is -2.06. The summed E-state index contributed by atoms with van der Waals surface area (Å²) in [5, 5.41) is 8.24. The summed E-state index contributed by atoms with van der Waals surface area (Å²) in [7, 11) is 0. The van der Waals surface area contributed by atoms with E-state index in [1.54, 1.807) is 30.3 Å². The van der Waals surface area contributed by atoms with Crippen molar-refractivity contribution in [2.24, 2.45) is 0 Å². The van der Waals surface area contributed by atoms with Gasteiger partial charge in [0.25, 0.3) is 0 Å². The summed E-state index contributed by atoms with van der Waals surface area (Å²) in [6.45, 7) is 0.131. The number of nitrogens with one attached hydrogen (secondary N) is 1. The molecule has 3 rings (SSSR count). The highest BCUT2D eigenvalue weighted by molar-refractivity contribution is 6.36. The van der Waals surface area contributed by atoms with Gasteiger partial charge < -0.3 is 9.84 Å². The zero-order valence-corrected chi connectivity index (χ0v) is 15.8. The van der Waals surface area contributed by atoms with Crippen molar-refractivity contribution < 1.29 is 9.32 Å². The average Bonchev–Trinajstić information content (AvgIpc) is 3.09. The van der Waals surface area contributed by atoms with Gasteiger partial charge in [0, 0.05) is 22.0 Å². The SMILES string of the molecule is O=C(CCc1c(Cl)cccc1Cl)NCc1nc(-c2ccccc2Cl)no1. The van der Waals surface area contributed by atoms with E-state index >= 15 is 0 Å². The molecule has 0 aliphatic heterocycles. The lowest BCUT2D eigenvalue weighted by molar-refractivity contribution is -0.121. The Bertz CT molecular complexity index is 907. The zero-order chi connectivity index (χ0) is 18.5. The van der Waals surface area contributed by atoms with Crippen LogP contribution in [-0.2, 0) is 17.8 Å². The van der Waals surface area contributed by atoms with Gasteiger partial charge in [-0.15, -0.1) is 0 Å². The van der Waals surface area contributed by atoms with Crippen molar-refractivity contribution in [3.05, 3.63) is 69.0 Å². The summed E-state index contributed by atoms with van der Waals surface area (Å²) < 4.78 is 5.15. The first-order valence-corrected chi connectivity index (χ1v) is 8.95. The first-order chi connectivity index (χ1) is 12.5. The molecular formula is C18H14Cl3N3O2. The van der Waals surface area contributed by atoms with Crippen molar-refractivity contribution in [1.82, 2.24) is 15.5 Å². The molecular weight excluding hydrogens is 397 g/mol. The van der Waals surface area contributed by atoms with Gasteiger partial charge in [-0.3, -0.25) is 4.79 Å². The van der Waals surface area contributed by atoms with E-state index < -0.39 is 0 Å². The van der Waals surface area contributed by atoms with Crippen molar-refractivity contribution in [3.8, 4) is 11.4 Å². The van der Waals surface area contributed by atoms with Crippen LogP contribution in [0, 0.1) is 0 Å². The molecule has 5 nitrogen and oxygen atoms in total. The molecule has 0 saturated carbocycles. The third kappa shape index (κ3) is 4.55. The summed E-state index contributed by atoms with van der Waals surface area (Å²) in [4.78, 5) is 16.3. The Balaban J connectivity index is 1.55. The maximum absolute atomic E-state index is 12.0. The molecule has 1 aromatic heterocycles. The van der Waals surface area contributed by atoms with Crippen LogP contribution in [0.25, 0.3) is 11.4 Å². The van der Waals surface area contributed by atoms with Crippen molar-refractivity contribution >= 4 is 40.7 Å². The van der Waals surface area contributed by atoms with Crippen LogP contribution in [-0.4, -0.2) is 16.0 Å². The zero-order valence-electron chi connectivity index (χ0n) is 13.5. The predicted octanol–water partition coefficient (Wildman–Crippen LogP) is 4.95. The van der Waals surface area contributed by atoms with Crippen LogP contribution in [0.5, 0.6) is 0 Å². The minimum atomic E-state index is -0.168. The average molecular weight is 411 g/mol. The van der Waals surface area contributed by atoms with Crippen LogP contribution in [0.2, 0.25) is 15.1 Å². The predicted molar refractivity (Wildman–Crippen MR) is 101 cm³/mol. The molecule has 0 radical (unpaired) electrons. The number of carbonyl (C=O) groups excluding carboxylic acids is 1. The minimum Gasteiger partial charge on any atom is -0.347 e. The van der Waals surface area contributed by atoms with E-state index in [9.17, 15) is 4.79 Å². The van der Waals surface area contributed by atoms with Crippen LogP contribution < -0.4 is 5.32 Å². The summed E-state index contributed by atoms with van der Waals surface area (Å²) in [6.07, 6.45) is 0.688. The van der Waals surface area contributed by atoms with Gasteiger partial charge in [-0.25, -0.2) is 0 Å². The molecule has 0 fully saturated rings. The Morgan fingerprint density at radius 2 is 1.69 bits per heavy atom. The van der Waals surface area contributed by atoms with E-state index in [1.165, 1.54) is 0 Å². The molecule has 8 heteroatoms. The smallest absolute Gasteiger partial charge is 0.246 e. The van der Waals surface area contributed by atoms with Gasteiger partial charge in [0.15, 0.2) is 0 Å². The molecule has 1 heterocycles. The highest BCUT2D eigenvalue weighted by atomic mass is 35.5. The molecule has 0 spiro atoms. The number of amides is 1. The van der Waals surface area contributed by atoms with Gasteiger partial charge in [0.2, 0.25) is 17.6 Å². The van der Waals surface area contributed by atoms with Gasteiger partial charge in [-0.05, 0) is 36.2 Å². The quantitative estimate of drug-likeness (QED) is 0.624. The standard InChI is InChI=1S/C18H14Cl3N3O2/c19-13-6-3-7-14(20)11(13)8-9-16(25)22-10-17-23-18(24-26-17)12-4-1-2-5-15(12)21/h1-7H,8-10H2,(H,22,25). The summed E-state index contributed by atoms with van der Waals surface area (Å²) >= 11 is 18.3. The molecule has 134 valence electrons. The van der Waals surface area contributed by atoms with Crippen molar-refractivity contribution in [2.75, 3.05) is 0 Å². The third-order valence-electron chi connectivity index (χ3n) is 3.68. The number of carbonyl (C=O) groups is 1. The van der Waals surface area contributed by atoms with Crippen LogP contribution in [0.1, 0.15) is 17.9 Å². The van der Waals surface area contributed by atoms with Crippen molar-refractivity contribution in [2.45, 2.75) is 19.4 Å². The highest BCUT2D eigenvalue weighted by Gasteiger charge is 2.13. The highest BCUT2D eigenvalue weighted by Crippen LogP contribution is 2.26. The Morgan fingerprint density at radius 3 is 2.42 bits per heavy atom. The normalized spacial score (nSPS) is 10.7. The number of rotatable bonds is 6. The van der Waals surface area contributed by atoms with Gasteiger partial charge in [0.1, 0.15) is 0 Å². The second-order valence-electron chi connectivity index (χ2n) is 5.47. The second kappa shape index (κ2) is 8.54. The Kier molecular flexibility index (Phi) is 6.14. The van der Waals surface area contributed by atoms with Gasteiger partial charge >= 0.3 is 0 Å². The van der Waals surface area contributed by atoms with E-state index in [0.717, 1.165) is 5.56 Å². The fourth-order valence-corrected chi connectivity index (χ4v) is 3.16. The van der Waals surface area contributed by atoms with Crippen LogP contribution in [0.15, 0.2) is 47.0 Å². The number of hydrogen-bond acceptors (Lipinski definition) is 4. The third-order valence-corrected chi connectivity index (χ3v) is 4.72. The van der Waals surface area contributed by atoms with E-state index in [4.69, 9.17) is 39.3 Å².